The lowest BCUT2D eigenvalue weighted by molar-refractivity contribution is -0.116. The van der Waals surface area contributed by atoms with E-state index in [0.717, 1.165) is 6.07 Å². The molecule has 1 aromatic heterocycles. The third-order valence-corrected chi connectivity index (χ3v) is 5.13. The number of hydrogen-bond acceptors (Lipinski definition) is 6. The summed E-state index contributed by atoms with van der Waals surface area (Å²) in [6.45, 7) is 0.0372. The summed E-state index contributed by atoms with van der Waals surface area (Å²) in [6, 6.07) is 9.22. The number of halogens is 2. The minimum absolute atomic E-state index is 0.0155. The molecule has 0 saturated carbocycles. The van der Waals surface area contributed by atoms with E-state index < -0.39 is 11.7 Å². The SMILES string of the molecule is N#CC1=C(N)OC2=C(C(=O)CCC2)[C@H]1c1ccc(COc2ccc(F)cc2Cl)o1. The van der Waals surface area contributed by atoms with E-state index in [2.05, 4.69) is 0 Å². The lowest BCUT2D eigenvalue weighted by atomic mass is 9.80. The van der Waals surface area contributed by atoms with Crippen LogP contribution >= 0.6 is 11.6 Å². The first-order valence-electron chi connectivity index (χ1n) is 8.98. The summed E-state index contributed by atoms with van der Waals surface area (Å²) >= 11 is 5.96. The van der Waals surface area contributed by atoms with Crippen LogP contribution in [0.5, 0.6) is 5.75 Å². The Kier molecular flexibility index (Phi) is 5.03. The van der Waals surface area contributed by atoms with Gasteiger partial charge in [0.05, 0.1) is 10.9 Å². The number of carbonyl (C=O) groups excluding carboxylic acids is 1. The molecule has 1 aliphatic heterocycles. The van der Waals surface area contributed by atoms with E-state index in [9.17, 15) is 14.4 Å². The molecular formula is C21H16ClFN2O4. The van der Waals surface area contributed by atoms with Crippen LogP contribution in [0, 0.1) is 17.1 Å². The van der Waals surface area contributed by atoms with E-state index in [1.54, 1.807) is 12.1 Å². The number of Topliss-reactive ketones (excluding diaryl/α,β-unsaturated/α-hetero) is 1. The Morgan fingerprint density at radius 3 is 2.90 bits per heavy atom. The summed E-state index contributed by atoms with van der Waals surface area (Å²) in [7, 11) is 0. The van der Waals surface area contributed by atoms with Gasteiger partial charge in [-0.25, -0.2) is 4.39 Å². The molecule has 6 nitrogen and oxygen atoms in total. The Bertz CT molecular complexity index is 1100. The molecule has 29 heavy (non-hydrogen) atoms. The third kappa shape index (κ3) is 3.59. The van der Waals surface area contributed by atoms with Gasteiger partial charge in [0.1, 0.15) is 47.1 Å². The molecule has 2 aliphatic rings. The smallest absolute Gasteiger partial charge is 0.205 e. The van der Waals surface area contributed by atoms with E-state index in [1.807, 2.05) is 6.07 Å². The number of nitrogens with two attached hydrogens (primary N) is 1. The van der Waals surface area contributed by atoms with Gasteiger partial charge < -0.3 is 19.6 Å². The second kappa shape index (κ2) is 7.64. The molecular weight excluding hydrogens is 399 g/mol. The zero-order valence-electron chi connectivity index (χ0n) is 15.2. The van der Waals surface area contributed by atoms with Crippen LogP contribution in [0.1, 0.15) is 36.7 Å². The fourth-order valence-corrected chi connectivity index (χ4v) is 3.73. The van der Waals surface area contributed by atoms with E-state index in [0.29, 0.717) is 47.9 Å². The number of furan rings is 1. The summed E-state index contributed by atoms with van der Waals surface area (Å²) in [5.74, 6) is 0.396. The van der Waals surface area contributed by atoms with Crippen molar-refractivity contribution in [3.8, 4) is 11.8 Å². The Labute approximate surface area is 170 Å². The maximum Gasteiger partial charge on any atom is 0.205 e. The average Bonchev–Trinajstić information content (AvgIpc) is 3.15. The van der Waals surface area contributed by atoms with Gasteiger partial charge in [0.2, 0.25) is 5.88 Å². The van der Waals surface area contributed by atoms with Gasteiger partial charge in [0, 0.05) is 18.4 Å². The first-order valence-corrected chi connectivity index (χ1v) is 9.36. The van der Waals surface area contributed by atoms with Gasteiger partial charge in [-0.15, -0.1) is 0 Å². The minimum Gasteiger partial charge on any atom is -0.484 e. The minimum atomic E-state index is -0.709. The Morgan fingerprint density at radius 2 is 2.14 bits per heavy atom. The Hall–Kier alpha value is -3.24. The summed E-state index contributed by atoms with van der Waals surface area (Å²) in [6.07, 6.45) is 1.64. The fraction of sp³-hybridized carbons (Fsp3) is 0.238. The molecule has 0 bridgehead atoms. The molecule has 0 radical (unpaired) electrons. The number of ether oxygens (including phenoxy) is 2. The highest BCUT2D eigenvalue weighted by Gasteiger charge is 2.39. The van der Waals surface area contributed by atoms with Crippen LogP contribution in [0.15, 0.2) is 57.5 Å². The number of allylic oxidation sites excluding steroid dienone is 3. The van der Waals surface area contributed by atoms with Gasteiger partial charge in [0.25, 0.3) is 0 Å². The van der Waals surface area contributed by atoms with Gasteiger partial charge >= 0.3 is 0 Å². The van der Waals surface area contributed by atoms with Crippen molar-refractivity contribution < 1.29 is 23.1 Å². The van der Waals surface area contributed by atoms with Crippen LogP contribution in [0.25, 0.3) is 0 Å². The lowest BCUT2D eigenvalue weighted by Crippen LogP contribution is -2.27. The summed E-state index contributed by atoms with van der Waals surface area (Å²) in [5.41, 5.74) is 6.48. The van der Waals surface area contributed by atoms with Gasteiger partial charge in [-0.1, -0.05) is 11.6 Å². The maximum atomic E-state index is 13.1. The molecule has 0 amide bonds. The summed E-state index contributed by atoms with van der Waals surface area (Å²) < 4.78 is 30.1. The standard InChI is InChI=1S/C21H16ClFN2O4/c22-14-8-11(23)4-6-16(14)27-10-12-5-7-18(28-12)19-13(9-24)21(25)29-17-3-1-2-15(26)20(17)19/h4-8,19H,1-3,10,25H2/t19-/m1/s1. The van der Waals surface area contributed by atoms with E-state index in [1.165, 1.54) is 12.1 Å². The second-order valence-electron chi connectivity index (χ2n) is 6.71. The molecule has 0 unspecified atom stereocenters. The van der Waals surface area contributed by atoms with Crippen molar-refractivity contribution in [1.29, 1.82) is 5.26 Å². The topological polar surface area (TPSA) is 98.5 Å². The second-order valence-corrected chi connectivity index (χ2v) is 7.11. The molecule has 0 spiro atoms. The molecule has 1 atom stereocenters. The van der Waals surface area contributed by atoms with Crippen LogP contribution in [0.2, 0.25) is 5.02 Å². The molecule has 2 N–H and O–H groups in total. The van der Waals surface area contributed by atoms with Crippen molar-refractivity contribution in [1.82, 2.24) is 0 Å². The van der Waals surface area contributed by atoms with Crippen LogP contribution in [-0.2, 0) is 16.1 Å². The third-order valence-electron chi connectivity index (χ3n) is 4.84. The molecule has 4 rings (SSSR count). The monoisotopic (exact) mass is 414 g/mol. The number of nitrogens with zero attached hydrogens (tertiary/aromatic N) is 1. The summed E-state index contributed by atoms with van der Waals surface area (Å²) in [4.78, 5) is 12.5. The first kappa shape index (κ1) is 19.1. The molecule has 8 heteroatoms. The van der Waals surface area contributed by atoms with E-state index in [4.69, 9.17) is 31.2 Å². The number of benzene rings is 1. The van der Waals surface area contributed by atoms with Crippen LogP contribution in [0.4, 0.5) is 4.39 Å². The highest BCUT2D eigenvalue weighted by atomic mass is 35.5. The van der Waals surface area contributed by atoms with Crippen molar-refractivity contribution in [3.63, 3.8) is 0 Å². The molecule has 2 heterocycles. The van der Waals surface area contributed by atoms with Crippen molar-refractivity contribution in [2.24, 2.45) is 5.73 Å². The van der Waals surface area contributed by atoms with Crippen molar-refractivity contribution in [2.75, 3.05) is 0 Å². The van der Waals surface area contributed by atoms with Crippen LogP contribution in [0.3, 0.4) is 0 Å². The largest absolute Gasteiger partial charge is 0.484 e. The Morgan fingerprint density at radius 1 is 1.31 bits per heavy atom. The van der Waals surface area contributed by atoms with Crippen LogP contribution < -0.4 is 10.5 Å². The number of rotatable bonds is 4. The van der Waals surface area contributed by atoms with E-state index in [-0.39, 0.29) is 28.9 Å². The molecule has 1 aliphatic carbocycles. The predicted molar refractivity (Wildman–Crippen MR) is 101 cm³/mol. The molecule has 0 saturated heterocycles. The lowest BCUT2D eigenvalue weighted by Gasteiger charge is -2.29. The molecule has 0 fully saturated rings. The maximum absolute atomic E-state index is 13.1. The van der Waals surface area contributed by atoms with Crippen molar-refractivity contribution >= 4 is 17.4 Å². The highest BCUT2D eigenvalue weighted by molar-refractivity contribution is 6.32. The van der Waals surface area contributed by atoms with Crippen LogP contribution in [-0.4, -0.2) is 5.78 Å². The predicted octanol–water partition coefficient (Wildman–Crippen LogP) is 4.47. The number of ketones is 1. The first-order chi connectivity index (χ1) is 14.0. The zero-order valence-corrected chi connectivity index (χ0v) is 16.0. The highest BCUT2D eigenvalue weighted by Crippen LogP contribution is 2.43. The summed E-state index contributed by atoms with van der Waals surface area (Å²) in [5, 5.41) is 9.71. The molecule has 2 aromatic rings. The van der Waals surface area contributed by atoms with Gasteiger partial charge in [0.15, 0.2) is 5.78 Å². The van der Waals surface area contributed by atoms with Crippen molar-refractivity contribution in [2.45, 2.75) is 31.8 Å². The fourth-order valence-electron chi connectivity index (χ4n) is 3.51. The van der Waals surface area contributed by atoms with Gasteiger partial charge in [-0.3, -0.25) is 4.79 Å². The number of hydrogen-bond donors (Lipinski definition) is 1. The molecule has 1 aromatic carbocycles. The van der Waals surface area contributed by atoms with Gasteiger partial charge in [-0.05, 0) is 36.8 Å². The number of carbonyl (C=O) groups is 1. The normalized spacial score (nSPS) is 18.9. The van der Waals surface area contributed by atoms with E-state index >= 15 is 0 Å². The Balaban J connectivity index is 1.61. The number of nitriles is 1. The molecule has 148 valence electrons. The quantitative estimate of drug-likeness (QED) is 0.792. The average molecular weight is 415 g/mol. The zero-order chi connectivity index (χ0) is 20.5. The van der Waals surface area contributed by atoms with Gasteiger partial charge in [-0.2, -0.15) is 5.26 Å². The van der Waals surface area contributed by atoms with Crippen molar-refractivity contribution in [3.05, 3.63) is 75.5 Å².